The summed E-state index contributed by atoms with van der Waals surface area (Å²) in [6.07, 6.45) is 0. The Balaban J connectivity index is 2.00. The molecule has 108 valence electrons. The third-order valence-corrected chi connectivity index (χ3v) is 3.15. The average Bonchev–Trinajstić information content (AvgIpc) is 2.48. The fraction of sp³-hybridized carbons (Fsp3) is 0.0714. The van der Waals surface area contributed by atoms with Gasteiger partial charge >= 0.3 is 0 Å². The third kappa shape index (κ3) is 3.79. The standard InChI is InChI=1S/C14H11FN2O3S/c15-12-6-3-10(7-13(12)21)14(18)16-8-9-1-4-11(5-2-9)17(19)20/h1-7,21H,8H2,(H,16,18). The van der Waals surface area contributed by atoms with E-state index in [2.05, 4.69) is 17.9 Å². The van der Waals surface area contributed by atoms with Gasteiger partial charge in [0.25, 0.3) is 11.6 Å². The molecule has 0 aliphatic heterocycles. The van der Waals surface area contributed by atoms with Gasteiger partial charge in [0.05, 0.1) is 4.92 Å². The Labute approximate surface area is 125 Å². The molecule has 0 atom stereocenters. The van der Waals surface area contributed by atoms with E-state index in [1.165, 1.54) is 30.3 Å². The summed E-state index contributed by atoms with van der Waals surface area (Å²) in [5, 5.41) is 13.2. The highest BCUT2D eigenvalue weighted by molar-refractivity contribution is 7.80. The Morgan fingerprint density at radius 3 is 2.48 bits per heavy atom. The second-order valence-electron chi connectivity index (χ2n) is 4.27. The molecule has 0 aliphatic carbocycles. The van der Waals surface area contributed by atoms with Crippen molar-refractivity contribution in [2.24, 2.45) is 0 Å². The zero-order chi connectivity index (χ0) is 15.4. The molecule has 0 saturated heterocycles. The van der Waals surface area contributed by atoms with Gasteiger partial charge in [-0.3, -0.25) is 14.9 Å². The minimum absolute atomic E-state index is 0.0108. The lowest BCUT2D eigenvalue weighted by Gasteiger charge is -2.06. The van der Waals surface area contributed by atoms with Gasteiger partial charge in [-0.15, -0.1) is 12.6 Å². The number of halogens is 1. The van der Waals surface area contributed by atoms with Crippen LogP contribution in [0.3, 0.4) is 0 Å². The molecule has 0 heterocycles. The van der Waals surface area contributed by atoms with Crippen LogP contribution in [0.15, 0.2) is 47.4 Å². The van der Waals surface area contributed by atoms with Crippen molar-refractivity contribution in [2.45, 2.75) is 11.4 Å². The minimum Gasteiger partial charge on any atom is -0.348 e. The van der Waals surface area contributed by atoms with Crippen molar-refractivity contribution in [1.29, 1.82) is 0 Å². The minimum atomic E-state index is -0.495. The highest BCUT2D eigenvalue weighted by Gasteiger charge is 2.09. The van der Waals surface area contributed by atoms with Gasteiger partial charge in [0.2, 0.25) is 0 Å². The first-order valence-electron chi connectivity index (χ1n) is 5.97. The molecular formula is C14H11FN2O3S. The molecule has 0 aromatic heterocycles. The molecule has 5 nitrogen and oxygen atoms in total. The van der Waals surface area contributed by atoms with Crippen molar-refractivity contribution in [2.75, 3.05) is 0 Å². The number of benzene rings is 2. The van der Waals surface area contributed by atoms with Gasteiger partial charge in [-0.05, 0) is 23.8 Å². The van der Waals surface area contributed by atoms with Crippen LogP contribution in [0.4, 0.5) is 10.1 Å². The number of carbonyl (C=O) groups is 1. The van der Waals surface area contributed by atoms with Crippen LogP contribution in [0.5, 0.6) is 0 Å². The van der Waals surface area contributed by atoms with Gasteiger partial charge in [-0.2, -0.15) is 0 Å². The number of nitrogens with one attached hydrogen (secondary N) is 1. The highest BCUT2D eigenvalue weighted by atomic mass is 32.1. The van der Waals surface area contributed by atoms with Gasteiger partial charge in [0.15, 0.2) is 0 Å². The molecule has 21 heavy (non-hydrogen) atoms. The average molecular weight is 306 g/mol. The number of rotatable bonds is 4. The van der Waals surface area contributed by atoms with E-state index in [4.69, 9.17) is 0 Å². The fourth-order valence-electron chi connectivity index (χ4n) is 1.67. The Bertz CT molecular complexity index is 689. The first-order chi connectivity index (χ1) is 9.97. The number of hydrogen-bond donors (Lipinski definition) is 2. The maximum absolute atomic E-state index is 13.1. The second-order valence-corrected chi connectivity index (χ2v) is 4.75. The van der Waals surface area contributed by atoms with E-state index in [1.54, 1.807) is 12.1 Å². The van der Waals surface area contributed by atoms with Crippen molar-refractivity contribution >= 4 is 24.2 Å². The predicted molar refractivity (Wildman–Crippen MR) is 77.9 cm³/mol. The van der Waals surface area contributed by atoms with Crippen molar-refractivity contribution in [1.82, 2.24) is 5.32 Å². The number of hydrogen-bond acceptors (Lipinski definition) is 4. The summed E-state index contributed by atoms with van der Waals surface area (Å²) in [6.45, 7) is 0.218. The van der Waals surface area contributed by atoms with Gasteiger partial charge in [0, 0.05) is 29.1 Å². The van der Waals surface area contributed by atoms with Crippen molar-refractivity contribution in [3.63, 3.8) is 0 Å². The fourth-order valence-corrected chi connectivity index (χ4v) is 1.89. The van der Waals surface area contributed by atoms with Crippen LogP contribution in [0, 0.1) is 15.9 Å². The van der Waals surface area contributed by atoms with Crippen molar-refractivity contribution < 1.29 is 14.1 Å². The van der Waals surface area contributed by atoms with Gasteiger partial charge in [-0.1, -0.05) is 12.1 Å². The molecule has 0 radical (unpaired) electrons. The number of nitrogens with zero attached hydrogens (tertiary/aromatic N) is 1. The van der Waals surface area contributed by atoms with Gasteiger partial charge in [0.1, 0.15) is 5.82 Å². The summed E-state index contributed by atoms with van der Waals surface area (Å²) in [6, 6.07) is 9.73. The zero-order valence-corrected chi connectivity index (χ0v) is 11.6. The number of non-ortho nitro benzene ring substituents is 1. The number of nitro benzene ring substituents is 1. The van der Waals surface area contributed by atoms with Crippen LogP contribution in [-0.4, -0.2) is 10.8 Å². The number of thiol groups is 1. The normalized spacial score (nSPS) is 10.2. The van der Waals surface area contributed by atoms with Crippen LogP contribution in [0.1, 0.15) is 15.9 Å². The molecule has 0 bridgehead atoms. The molecule has 0 spiro atoms. The monoisotopic (exact) mass is 306 g/mol. The van der Waals surface area contributed by atoms with Crippen LogP contribution in [0.2, 0.25) is 0 Å². The topological polar surface area (TPSA) is 72.2 Å². The quantitative estimate of drug-likeness (QED) is 0.518. The first-order valence-corrected chi connectivity index (χ1v) is 6.42. The molecule has 0 saturated carbocycles. The van der Waals surface area contributed by atoms with E-state index in [0.717, 1.165) is 5.56 Å². The van der Waals surface area contributed by atoms with Gasteiger partial charge in [-0.25, -0.2) is 4.39 Å². The van der Waals surface area contributed by atoms with Crippen LogP contribution < -0.4 is 5.32 Å². The summed E-state index contributed by atoms with van der Waals surface area (Å²) in [5.41, 5.74) is 1.01. The summed E-state index contributed by atoms with van der Waals surface area (Å²) in [4.78, 5) is 22.0. The summed E-state index contributed by atoms with van der Waals surface area (Å²) >= 11 is 3.91. The number of nitro groups is 1. The molecule has 1 N–H and O–H groups in total. The van der Waals surface area contributed by atoms with E-state index in [1.807, 2.05) is 0 Å². The zero-order valence-electron chi connectivity index (χ0n) is 10.7. The lowest BCUT2D eigenvalue weighted by Crippen LogP contribution is -2.22. The van der Waals surface area contributed by atoms with E-state index >= 15 is 0 Å². The van der Waals surface area contributed by atoms with Gasteiger partial charge < -0.3 is 5.32 Å². The Morgan fingerprint density at radius 1 is 1.24 bits per heavy atom. The lowest BCUT2D eigenvalue weighted by molar-refractivity contribution is -0.384. The lowest BCUT2D eigenvalue weighted by atomic mass is 10.2. The Kier molecular flexibility index (Phi) is 4.54. The van der Waals surface area contributed by atoms with Crippen LogP contribution in [-0.2, 0) is 6.54 Å². The summed E-state index contributed by atoms with van der Waals surface area (Å²) < 4.78 is 13.1. The molecule has 0 aliphatic rings. The molecule has 7 heteroatoms. The van der Waals surface area contributed by atoms with Crippen LogP contribution >= 0.6 is 12.6 Å². The largest absolute Gasteiger partial charge is 0.348 e. The molecule has 1 amide bonds. The first kappa shape index (κ1) is 15.0. The Hall–Kier alpha value is -2.41. The molecular weight excluding hydrogens is 295 g/mol. The third-order valence-electron chi connectivity index (χ3n) is 2.81. The smallest absolute Gasteiger partial charge is 0.269 e. The van der Waals surface area contributed by atoms with Crippen LogP contribution in [0.25, 0.3) is 0 Å². The molecule has 2 aromatic carbocycles. The highest BCUT2D eigenvalue weighted by Crippen LogP contribution is 2.15. The summed E-state index contributed by atoms with van der Waals surface area (Å²) in [5.74, 6) is -0.867. The number of carbonyl (C=O) groups excluding carboxylic acids is 1. The molecule has 2 rings (SSSR count). The number of amides is 1. The molecule has 0 fully saturated rings. The predicted octanol–water partition coefficient (Wildman–Crippen LogP) is 2.95. The van der Waals surface area contributed by atoms with E-state index in [9.17, 15) is 19.3 Å². The SMILES string of the molecule is O=C(NCc1ccc([N+](=O)[O-])cc1)c1ccc(F)c(S)c1. The van der Waals surface area contributed by atoms with E-state index in [0.29, 0.717) is 5.56 Å². The Morgan fingerprint density at radius 2 is 1.90 bits per heavy atom. The summed E-state index contributed by atoms with van der Waals surface area (Å²) in [7, 11) is 0. The second kappa shape index (κ2) is 6.36. The van der Waals surface area contributed by atoms with E-state index in [-0.39, 0.29) is 23.0 Å². The maximum Gasteiger partial charge on any atom is 0.269 e. The van der Waals surface area contributed by atoms with Crippen molar-refractivity contribution in [3.8, 4) is 0 Å². The van der Waals surface area contributed by atoms with E-state index < -0.39 is 10.7 Å². The van der Waals surface area contributed by atoms with Crippen molar-refractivity contribution in [3.05, 3.63) is 69.5 Å². The molecule has 2 aromatic rings. The maximum atomic E-state index is 13.1. The molecule has 0 unspecified atom stereocenters.